The number of methoxy groups -OCH3 is 1. The van der Waals surface area contributed by atoms with Crippen LogP contribution in [0.1, 0.15) is 58.0 Å². The number of carbonyl (C=O) groups excluding carboxylic acids is 3. The van der Waals surface area contributed by atoms with E-state index in [0.717, 1.165) is 18.2 Å². The van der Waals surface area contributed by atoms with Crippen molar-refractivity contribution in [2.45, 2.75) is 44.3 Å². The maximum Gasteiger partial charge on any atom is 0.586 e. The number of rotatable bonds is 7. The number of likely N-dealkylation sites (tertiary alicyclic amines) is 1. The molecule has 0 aliphatic carbocycles. The third-order valence-corrected chi connectivity index (χ3v) is 7.50. The van der Waals surface area contributed by atoms with E-state index in [0.29, 0.717) is 30.7 Å². The van der Waals surface area contributed by atoms with Crippen LogP contribution in [0.5, 0.6) is 17.2 Å². The molecular formula is C31H27F6N3O7. The maximum atomic E-state index is 13.9. The van der Waals surface area contributed by atoms with Crippen LogP contribution in [0.3, 0.4) is 0 Å². The van der Waals surface area contributed by atoms with Gasteiger partial charge in [-0.2, -0.15) is 13.2 Å². The Balaban J connectivity index is 1.45. The van der Waals surface area contributed by atoms with Crippen LogP contribution in [0, 0.1) is 5.82 Å². The standard InChI is InChI=1S/C31H27F6N3O7/c1-29(2,44)28(43)40-9-8-16(14-40)15-4-7-23(45-3)19(10-15)27(42)39-22-13-25-24(46-31(36,37)47-25)12-18(22)26(41)38-17-5-6-21(32)20(11-17)30(33,34)35/h4-7,10-13,16,44H,8-9,14H2,1-3H3,(H,38,41)(H,39,42). The van der Waals surface area contributed by atoms with Gasteiger partial charge < -0.3 is 34.9 Å². The number of aliphatic hydroxyl groups is 1. The third kappa shape index (κ3) is 7.06. The minimum absolute atomic E-state index is 0.0417. The zero-order valence-corrected chi connectivity index (χ0v) is 24.9. The highest BCUT2D eigenvalue weighted by atomic mass is 19.4. The van der Waals surface area contributed by atoms with Gasteiger partial charge in [0.2, 0.25) is 0 Å². The highest BCUT2D eigenvalue weighted by Gasteiger charge is 2.44. The van der Waals surface area contributed by atoms with Crippen molar-refractivity contribution in [2.75, 3.05) is 30.8 Å². The summed E-state index contributed by atoms with van der Waals surface area (Å²) in [5.74, 6) is -5.34. The van der Waals surface area contributed by atoms with Gasteiger partial charge in [0.25, 0.3) is 17.7 Å². The zero-order valence-electron chi connectivity index (χ0n) is 24.9. The molecule has 16 heteroatoms. The molecule has 3 N–H and O–H groups in total. The summed E-state index contributed by atoms with van der Waals surface area (Å²) >= 11 is 0. The molecule has 1 unspecified atom stereocenters. The molecule has 0 aromatic heterocycles. The maximum absolute atomic E-state index is 13.9. The second kappa shape index (κ2) is 12.0. The van der Waals surface area contributed by atoms with Crippen molar-refractivity contribution in [1.29, 1.82) is 0 Å². The smallest absolute Gasteiger partial charge is 0.496 e. The van der Waals surface area contributed by atoms with Crippen molar-refractivity contribution in [1.82, 2.24) is 4.90 Å². The first kappa shape index (κ1) is 33.4. The monoisotopic (exact) mass is 667 g/mol. The third-order valence-electron chi connectivity index (χ3n) is 7.50. The van der Waals surface area contributed by atoms with Gasteiger partial charge in [0.15, 0.2) is 11.5 Å². The van der Waals surface area contributed by atoms with E-state index in [1.54, 1.807) is 6.07 Å². The Hall–Kier alpha value is -4.99. The number of alkyl halides is 5. The van der Waals surface area contributed by atoms with Crippen molar-refractivity contribution >= 4 is 29.1 Å². The lowest BCUT2D eigenvalue weighted by Gasteiger charge is -2.24. The molecule has 3 aromatic carbocycles. The molecule has 0 spiro atoms. The molecule has 0 saturated carbocycles. The van der Waals surface area contributed by atoms with Crippen molar-refractivity contribution in [3.63, 3.8) is 0 Å². The van der Waals surface area contributed by atoms with E-state index in [1.165, 1.54) is 38.0 Å². The zero-order chi connectivity index (χ0) is 34.5. The van der Waals surface area contributed by atoms with Crippen LogP contribution in [0.15, 0.2) is 48.5 Å². The first-order valence-electron chi connectivity index (χ1n) is 14.0. The Morgan fingerprint density at radius 1 is 0.957 bits per heavy atom. The molecule has 3 aromatic rings. The number of halogens is 6. The van der Waals surface area contributed by atoms with Gasteiger partial charge >= 0.3 is 12.5 Å². The number of amides is 3. The van der Waals surface area contributed by atoms with Crippen LogP contribution in [-0.4, -0.2) is 59.8 Å². The predicted octanol–water partition coefficient (Wildman–Crippen LogP) is 5.77. The molecule has 2 aliphatic heterocycles. The van der Waals surface area contributed by atoms with Crippen molar-refractivity contribution in [2.24, 2.45) is 0 Å². The van der Waals surface area contributed by atoms with E-state index in [9.17, 15) is 45.8 Å². The average Bonchev–Trinajstić information content (AvgIpc) is 3.59. The Morgan fingerprint density at radius 2 is 1.62 bits per heavy atom. The lowest BCUT2D eigenvalue weighted by atomic mass is 9.95. The fraction of sp³-hybridized carbons (Fsp3) is 0.323. The Morgan fingerprint density at radius 3 is 2.26 bits per heavy atom. The molecule has 0 bridgehead atoms. The summed E-state index contributed by atoms with van der Waals surface area (Å²) in [5.41, 5.74) is -4.01. The number of carbonyl (C=O) groups is 3. The summed E-state index contributed by atoms with van der Waals surface area (Å²) in [6.45, 7) is 3.38. The molecule has 1 fully saturated rings. The molecule has 2 aliphatic rings. The Kier molecular flexibility index (Phi) is 8.51. The van der Waals surface area contributed by atoms with Gasteiger partial charge in [-0.05, 0) is 62.2 Å². The molecule has 250 valence electrons. The number of anilines is 2. The molecule has 1 saturated heterocycles. The summed E-state index contributed by atoms with van der Waals surface area (Å²) in [5, 5.41) is 14.7. The van der Waals surface area contributed by atoms with E-state index in [-0.39, 0.29) is 29.5 Å². The number of benzene rings is 3. The second-order valence-electron chi connectivity index (χ2n) is 11.4. The van der Waals surface area contributed by atoms with Crippen LogP contribution in [0.25, 0.3) is 0 Å². The number of hydrogen-bond acceptors (Lipinski definition) is 7. The van der Waals surface area contributed by atoms with Gasteiger partial charge in [-0.1, -0.05) is 6.07 Å². The molecule has 3 amide bonds. The van der Waals surface area contributed by atoms with Crippen LogP contribution >= 0.6 is 0 Å². The molecule has 47 heavy (non-hydrogen) atoms. The van der Waals surface area contributed by atoms with Crippen molar-refractivity contribution in [3.05, 3.63) is 76.6 Å². The first-order valence-corrected chi connectivity index (χ1v) is 14.0. The molecule has 10 nitrogen and oxygen atoms in total. The second-order valence-corrected chi connectivity index (χ2v) is 11.4. The number of ether oxygens (including phenoxy) is 3. The van der Waals surface area contributed by atoms with Gasteiger partial charge in [0.05, 0.1) is 29.5 Å². The van der Waals surface area contributed by atoms with E-state index < -0.39 is 69.9 Å². The SMILES string of the molecule is COc1ccc(C2CCN(C(=O)C(C)(C)O)C2)cc1C(=O)Nc1cc2c(cc1C(=O)Nc1ccc(F)c(C(F)(F)F)c1)OC(F)(F)O2. The first-order chi connectivity index (χ1) is 21.9. The largest absolute Gasteiger partial charge is 0.586 e. The van der Waals surface area contributed by atoms with Crippen molar-refractivity contribution < 1.29 is 60.0 Å². The summed E-state index contributed by atoms with van der Waals surface area (Å²) in [7, 11) is 1.30. The number of nitrogens with zero attached hydrogens (tertiary/aromatic N) is 1. The number of fused-ring (bicyclic) bond motifs is 1. The molecular weight excluding hydrogens is 640 g/mol. The minimum Gasteiger partial charge on any atom is -0.496 e. The Labute approximate surface area is 263 Å². The van der Waals surface area contributed by atoms with E-state index >= 15 is 0 Å². The summed E-state index contributed by atoms with van der Waals surface area (Å²) in [4.78, 5) is 40.9. The average molecular weight is 668 g/mol. The Bertz CT molecular complexity index is 1760. The molecule has 5 rings (SSSR count). The predicted molar refractivity (Wildman–Crippen MR) is 153 cm³/mol. The molecule has 1 atom stereocenters. The summed E-state index contributed by atoms with van der Waals surface area (Å²) < 4.78 is 95.4. The number of nitrogens with one attached hydrogen (secondary N) is 2. The van der Waals surface area contributed by atoms with Gasteiger partial charge in [-0.3, -0.25) is 14.4 Å². The van der Waals surface area contributed by atoms with Crippen LogP contribution in [-0.2, 0) is 11.0 Å². The topological polar surface area (TPSA) is 126 Å². The van der Waals surface area contributed by atoms with E-state index in [1.807, 2.05) is 0 Å². The summed E-state index contributed by atoms with van der Waals surface area (Å²) in [6.07, 6.45) is -8.67. The van der Waals surface area contributed by atoms with E-state index in [2.05, 4.69) is 20.1 Å². The van der Waals surface area contributed by atoms with Gasteiger partial charge in [0.1, 0.15) is 17.2 Å². The summed E-state index contributed by atoms with van der Waals surface area (Å²) in [6, 6.07) is 8.07. The van der Waals surface area contributed by atoms with Gasteiger partial charge in [-0.15, -0.1) is 8.78 Å². The fourth-order valence-electron chi connectivity index (χ4n) is 5.26. The molecule has 0 radical (unpaired) electrons. The van der Waals surface area contributed by atoms with Crippen LogP contribution in [0.4, 0.5) is 37.7 Å². The van der Waals surface area contributed by atoms with Gasteiger partial charge in [0, 0.05) is 30.8 Å². The van der Waals surface area contributed by atoms with Gasteiger partial charge in [-0.25, -0.2) is 4.39 Å². The lowest BCUT2D eigenvalue weighted by molar-refractivity contribution is -0.286. The molecule has 2 heterocycles. The normalized spacial score (nSPS) is 17.0. The highest BCUT2D eigenvalue weighted by Crippen LogP contribution is 2.44. The quantitative estimate of drug-likeness (QED) is 0.274. The highest BCUT2D eigenvalue weighted by molar-refractivity contribution is 6.13. The number of hydrogen-bond donors (Lipinski definition) is 3. The lowest BCUT2D eigenvalue weighted by Crippen LogP contribution is -2.43. The fourth-order valence-corrected chi connectivity index (χ4v) is 5.26. The van der Waals surface area contributed by atoms with E-state index in [4.69, 9.17) is 4.74 Å². The van der Waals surface area contributed by atoms with Crippen LogP contribution < -0.4 is 24.8 Å². The van der Waals surface area contributed by atoms with Crippen LogP contribution in [0.2, 0.25) is 0 Å². The van der Waals surface area contributed by atoms with Crippen molar-refractivity contribution in [3.8, 4) is 17.2 Å². The minimum atomic E-state index is -5.08.